The third-order valence-corrected chi connectivity index (χ3v) is 15.4. The first-order valence-electron chi connectivity index (χ1n) is 17.5. The molecule has 7 rings (SSSR count). The van der Waals surface area contributed by atoms with E-state index in [2.05, 4.69) is 160 Å². The second-order valence-electron chi connectivity index (χ2n) is 14.9. The molecule has 0 bridgehead atoms. The lowest BCUT2D eigenvalue weighted by atomic mass is 9.77. The third kappa shape index (κ3) is 5.74. The number of hydrogen-bond donors (Lipinski definition) is 1. The predicted octanol–water partition coefficient (Wildman–Crippen LogP) is 10.5. The van der Waals surface area contributed by atoms with E-state index in [0.717, 1.165) is 50.0 Å². The first kappa shape index (κ1) is 33.5. The van der Waals surface area contributed by atoms with Gasteiger partial charge in [0.15, 0.2) is 8.32 Å². The summed E-state index contributed by atoms with van der Waals surface area (Å²) in [6.07, 6.45) is 2.00. The van der Waals surface area contributed by atoms with Gasteiger partial charge in [0, 0.05) is 16.6 Å². The Labute approximate surface area is 296 Å². The molecule has 1 N–H and O–H groups in total. The van der Waals surface area contributed by atoms with Crippen molar-refractivity contribution in [3.05, 3.63) is 167 Å². The lowest BCUT2D eigenvalue weighted by Crippen LogP contribution is -2.42. The number of nitrogens with one attached hydrogen (secondary N) is 1. The Hall–Kier alpha value is -4.98. The van der Waals surface area contributed by atoms with Crippen molar-refractivity contribution in [1.82, 2.24) is 14.7 Å². The first-order chi connectivity index (χ1) is 24.0. The van der Waals surface area contributed by atoms with E-state index in [0.29, 0.717) is 13.2 Å². The fourth-order valence-corrected chi connectivity index (χ4v) is 7.97. The molecular formula is C43H46N4O2Si. The summed E-state index contributed by atoms with van der Waals surface area (Å²) in [6.45, 7) is 14.4. The molecule has 2 heterocycles. The number of nitrogens with zero attached hydrogens (tertiary/aromatic N) is 3. The molecule has 1 aliphatic heterocycles. The van der Waals surface area contributed by atoms with E-state index >= 15 is 0 Å². The van der Waals surface area contributed by atoms with Crippen molar-refractivity contribution in [2.75, 3.05) is 5.32 Å². The van der Waals surface area contributed by atoms with Crippen LogP contribution < -0.4 is 5.32 Å². The van der Waals surface area contributed by atoms with Crippen molar-refractivity contribution in [2.45, 2.75) is 70.6 Å². The van der Waals surface area contributed by atoms with Gasteiger partial charge in [-0.15, -0.1) is 0 Å². The van der Waals surface area contributed by atoms with Gasteiger partial charge >= 0.3 is 6.03 Å². The maximum Gasteiger partial charge on any atom is 0.322 e. The Morgan fingerprint density at radius 3 is 1.80 bits per heavy atom. The largest absolute Gasteiger partial charge is 0.413 e. The van der Waals surface area contributed by atoms with Gasteiger partial charge in [-0.3, -0.25) is 0 Å². The smallest absolute Gasteiger partial charge is 0.322 e. The normalized spacial score (nSPS) is 14.4. The van der Waals surface area contributed by atoms with Crippen LogP contribution in [0.2, 0.25) is 18.1 Å². The Bertz CT molecular complexity index is 2010. The molecule has 0 fully saturated rings. The van der Waals surface area contributed by atoms with Crippen LogP contribution >= 0.6 is 0 Å². The molecule has 0 saturated carbocycles. The van der Waals surface area contributed by atoms with Crippen LogP contribution in [0.1, 0.15) is 67.1 Å². The fourth-order valence-electron chi connectivity index (χ4n) is 7.03. The molecule has 6 nitrogen and oxygen atoms in total. The van der Waals surface area contributed by atoms with Crippen LogP contribution in [0, 0.1) is 0 Å². The Kier molecular flexibility index (Phi) is 8.74. The molecule has 5 aromatic carbocycles. The molecular weight excluding hydrogens is 633 g/mol. The summed E-state index contributed by atoms with van der Waals surface area (Å²) in [5, 5.41) is 9.66. The van der Waals surface area contributed by atoms with Crippen molar-refractivity contribution in [2.24, 2.45) is 0 Å². The van der Waals surface area contributed by atoms with E-state index in [1.54, 1.807) is 0 Å². The number of carbonyl (C=O) groups excluding carboxylic acids is 1. The lowest BCUT2D eigenvalue weighted by molar-refractivity contribution is 0.185. The van der Waals surface area contributed by atoms with Gasteiger partial charge in [0.05, 0.1) is 30.9 Å². The number of rotatable bonds is 9. The quantitative estimate of drug-likeness (QED) is 0.122. The number of anilines is 1. The van der Waals surface area contributed by atoms with E-state index in [1.807, 2.05) is 29.3 Å². The van der Waals surface area contributed by atoms with Gasteiger partial charge in [-0.1, -0.05) is 142 Å². The van der Waals surface area contributed by atoms with Crippen molar-refractivity contribution in [1.29, 1.82) is 0 Å². The summed E-state index contributed by atoms with van der Waals surface area (Å²) < 4.78 is 9.14. The number of aromatic nitrogens is 2. The number of urea groups is 1. The van der Waals surface area contributed by atoms with Crippen LogP contribution in [0.5, 0.6) is 0 Å². The topological polar surface area (TPSA) is 59.4 Å². The SMILES string of the molecule is C[C@H](c1ccccc1)N1Cc2c(cc3c(cnn3C(c3ccccc3)(c3ccccc3)c3ccccc3)c2CO[Si](C)(C)C(C)(C)C)NC1=O. The standard InChI is InChI=1S/C43H46N4O2Si/c1-31(32-19-11-7-12-20-32)46-29-37-38(30-49-50(5,6)42(2,3)4)36-28-44-47(40(36)27-39(37)45-41(46)48)43(33-21-13-8-14-22-33,34-23-15-9-16-24-34)35-25-17-10-18-26-35/h7-28,31H,29-30H2,1-6H3,(H,45,48)/t31-/m1/s1. The van der Waals surface area contributed by atoms with E-state index in [1.165, 1.54) is 0 Å². The lowest BCUT2D eigenvalue weighted by Gasteiger charge is -2.39. The molecule has 0 spiro atoms. The van der Waals surface area contributed by atoms with Crippen molar-refractivity contribution >= 4 is 30.9 Å². The van der Waals surface area contributed by atoms with Crippen LogP contribution in [-0.4, -0.2) is 29.0 Å². The van der Waals surface area contributed by atoms with E-state index in [-0.39, 0.29) is 17.1 Å². The van der Waals surface area contributed by atoms with Gasteiger partial charge in [0.1, 0.15) is 5.54 Å². The number of carbonyl (C=O) groups is 1. The van der Waals surface area contributed by atoms with Gasteiger partial charge in [0.2, 0.25) is 0 Å². The summed E-state index contributed by atoms with van der Waals surface area (Å²) in [5.74, 6) is 0. The average molecular weight is 679 g/mol. The van der Waals surface area contributed by atoms with E-state index in [4.69, 9.17) is 9.52 Å². The highest BCUT2D eigenvalue weighted by molar-refractivity contribution is 6.74. The zero-order valence-electron chi connectivity index (χ0n) is 29.9. The van der Waals surface area contributed by atoms with Crippen LogP contribution in [-0.2, 0) is 23.1 Å². The minimum atomic E-state index is -2.14. The predicted molar refractivity (Wildman–Crippen MR) is 206 cm³/mol. The monoisotopic (exact) mass is 678 g/mol. The van der Waals surface area contributed by atoms with Crippen LogP contribution in [0.25, 0.3) is 10.9 Å². The average Bonchev–Trinajstić information content (AvgIpc) is 3.55. The van der Waals surface area contributed by atoms with E-state index in [9.17, 15) is 4.79 Å². The summed E-state index contributed by atoms with van der Waals surface area (Å²) >= 11 is 0. The van der Waals surface area contributed by atoms with Gasteiger partial charge in [-0.05, 0) is 58.9 Å². The molecule has 1 aromatic heterocycles. The molecule has 0 unspecified atom stereocenters. The number of benzene rings is 5. The number of fused-ring (bicyclic) bond motifs is 2. The van der Waals surface area contributed by atoms with Gasteiger partial charge in [-0.2, -0.15) is 5.10 Å². The summed E-state index contributed by atoms with van der Waals surface area (Å²) in [6, 6.07) is 43.9. The molecule has 0 radical (unpaired) electrons. The summed E-state index contributed by atoms with van der Waals surface area (Å²) in [5.41, 5.74) is 7.44. The molecule has 1 atom stereocenters. The molecule has 50 heavy (non-hydrogen) atoms. The Morgan fingerprint density at radius 1 is 0.800 bits per heavy atom. The highest BCUT2D eigenvalue weighted by Crippen LogP contribution is 2.45. The minimum absolute atomic E-state index is 0.0380. The van der Waals surface area contributed by atoms with Crippen molar-refractivity contribution < 1.29 is 9.22 Å². The molecule has 0 aliphatic carbocycles. The minimum Gasteiger partial charge on any atom is -0.413 e. The van der Waals surface area contributed by atoms with Crippen LogP contribution in [0.3, 0.4) is 0 Å². The zero-order valence-corrected chi connectivity index (χ0v) is 30.9. The number of hydrogen-bond acceptors (Lipinski definition) is 3. The molecule has 7 heteroatoms. The van der Waals surface area contributed by atoms with Gasteiger partial charge < -0.3 is 14.6 Å². The second-order valence-corrected chi connectivity index (χ2v) is 19.7. The summed E-state index contributed by atoms with van der Waals surface area (Å²) in [4.78, 5) is 15.8. The molecule has 2 amide bonds. The van der Waals surface area contributed by atoms with Gasteiger partial charge in [-0.25, -0.2) is 9.48 Å². The Morgan fingerprint density at radius 2 is 1.30 bits per heavy atom. The van der Waals surface area contributed by atoms with Crippen LogP contribution in [0.15, 0.2) is 134 Å². The molecule has 1 aliphatic rings. The highest BCUT2D eigenvalue weighted by atomic mass is 28.4. The zero-order chi connectivity index (χ0) is 35.1. The van der Waals surface area contributed by atoms with Crippen LogP contribution in [0.4, 0.5) is 10.5 Å². The summed E-state index contributed by atoms with van der Waals surface area (Å²) in [7, 11) is -2.14. The molecule has 6 aromatic rings. The molecule has 0 saturated heterocycles. The second kappa shape index (κ2) is 13.0. The van der Waals surface area contributed by atoms with Gasteiger partial charge in [0.25, 0.3) is 0 Å². The fraction of sp³-hybridized carbons (Fsp3) is 0.256. The van der Waals surface area contributed by atoms with E-state index < -0.39 is 13.9 Å². The first-order valence-corrected chi connectivity index (χ1v) is 20.4. The highest BCUT2D eigenvalue weighted by Gasteiger charge is 2.42. The van der Waals surface area contributed by atoms with Crippen molar-refractivity contribution in [3.8, 4) is 0 Å². The molecule has 254 valence electrons. The maximum absolute atomic E-state index is 13.9. The number of amides is 2. The Balaban J connectivity index is 1.48. The maximum atomic E-state index is 13.9. The third-order valence-electron chi connectivity index (χ3n) is 11.0. The van der Waals surface area contributed by atoms with Crippen molar-refractivity contribution in [3.63, 3.8) is 0 Å².